The molecule has 0 aliphatic carbocycles. The number of thiophene rings is 1. The third kappa shape index (κ3) is 3.01. The van der Waals surface area contributed by atoms with E-state index in [0.717, 1.165) is 6.42 Å². The van der Waals surface area contributed by atoms with E-state index in [1.54, 1.807) is 11.3 Å². The predicted molar refractivity (Wildman–Crippen MR) is 72.9 cm³/mol. The fourth-order valence-corrected chi connectivity index (χ4v) is 2.29. The number of anilines is 1. The molecule has 0 aliphatic rings. The third-order valence-electron chi connectivity index (χ3n) is 2.56. The van der Waals surface area contributed by atoms with Crippen LogP contribution in [0.2, 0.25) is 0 Å². The number of nitrogen functional groups attached to an aromatic ring is 1. The number of aromatic hydroxyl groups is 1. The first-order chi connectivity index (χ1) is 8.66. The van der Waals surface area contributed by atoms with Crippen molar-refractivity contribution in [3.05, 3.63) is 46.2 Å². The van der Waals surface area contributed by atoms with Crippen molar-refractivity contribution in [2.24, 2.45) is 0 Å². The van der Waals surface area contributed by atoms with Crippen LogP contribution < -0.4 is 11.1 Å². The number of nitrogens with two attached hydrogens (primary N) is 1. The van der Waals surface area contributed by atoms with Gasteiger partial charge in [-0.05, 0) is 47.0 Å². The van der Waals surface area contributed by atoms with Crippen molar-refractivity contribution in [2.45, 2.75) is 6.42 Å². The Labute approximate surface area is 109 Å². The van der Waals surface area contributed by atoms with Crippen LogP contribution in [0.1, 0.15) is 15.9 Å². The van der Waals surface area contributed by atoms with E-state index < -0.39 is 0 Å². The highest BCUT2D eigenvalue weighted by molar-refractivity contribution is 7.07. The topological polar surface area (TPSA) is 75.3 Å². The predicted octanol–water partition coefficient (Wildman–Crippen LogP) is 2.01. The van der Waals surface area contributed by atoms with Crippen LogP contribution in [0.15, 0.2) is 35.0 Å². The van der Waals surface area contributed by atoms with Crippen molar-refractivity contribution >= 4 is 22.9 Å². The number of hydrogen-bond acceptors (Lipinski definition) is 4. The van der Waals surface area contributed by atoms with Crippen LogP contribution >= 0.6 is 11.3 Å². The fourth-order valence-electron chi connectivity index (χ4n) is 1.59. The maximum atomic E-state index is 11.8. The van der Waals surface area contributed by atoms with Crippen molar-refractivity contribution in [2.75, 3.05) is 12.3 Å². The molecule has 0 unspecified atom stereocenters. The van der Waals surface area contributed by atoms with Crippen molar-refractivity contribution in [3.63, 3.8) is 0 Å². The zero-order valence-electron chi connectivity index (χ0n) is 9.72. The summed E-state index contributed by atoms with van der Waals surface area (Å²) in [5, 5.41) is 16.2. The number of amides is 1. The quantitative estimate of drug-likeness (QED) is 0.583. The lowest BCUT2D eigenvalue weighted by Crippen LogP contribution is -2.26. The monoisotopic (exact) mass is 262 g/mol. The molecule has 5 heteroatoms. The molecule has 0 saturated carbocycles. The molecule has 1 amide bonds. The molecule has 0 aliphatic heterocycles. The summed E-state index contributed by atoms with van der Waals surface area (Å²) in [7, 11) is 0. The van der Waals surface area contributed by atoms with Crippen LogP contribution in [0, 0.1) is 0 Å². The number of benzene rings is 1. The average Bonchev–Trinajstić information content (AvgIpc) is 2.85. The van der Waals surface area contributed by atoms with Crippen LogP contribution in [0.5, 0.6) is 5.75 Å². The van der Waals surface area contributed by atoms with Gasteiger partial charge in [-0.1, -0.05) is 0 Å². The maximum Gasteiger partial charge on any atom is 0.253 e. The summed E-state index contributed by atoms with van der Waals surface area (Å²) in [5.74, 6) is -0.231. The van der Waals surface area contributed by atoms with Crippen LogP contribution in [0.4, 0.5) is 5.69 Å². The lowest BCUT2D eigenvalue weighted by molar-refractivity contribution is 0.0954. The second-order valence-electron chi connectivity index (χ2n) is 3.91. The van der Waals surface area contributed by atoms with Gasteiger partial charge in [-0.15, -0.1) is 0 Å². The largest absolute Gasteiger partial charge is 0.508 e. The van der Waals surface area contributed by atoms with Crippen molar-refractivity contribution < 1.29 is 9.90 Å². The summed E-state index contributed by atoms with van der Waals surface area (Å²) in [6.07, 6.45) is 0.786. The molecule has 0 atom stereocenters. The molecule has 1 heterocycles. The number of nitrogens with one attached hydrogen (secondary N) is 1. The van der Waals surface area contributed by atoms with Crippen molar-refractivity contribution in [3.8, 4) is 5.75 Å². The molecule has 0 spiro atoms. The van der Waals surface area contributed by atoms with Crippen molar-refractivity contribution in [1.82, 2.24) is 5.32 Å². The van der Waals surface area contributed by atoms with Gasteiger partial charge >= 0.3 is 0 Å². The van der Waals surface area contributed by atoms with Gasteiger partial charge in [0.2, 0.25) is 0 Å². The number of rotatable bonds is 4. The molecule has 4 nitrogen and oxygen atoms in total. The Bertz CT molecular complexity index is 538. The van der Waals surface area contributed by atoms with Crippen LogP contribution in [0.3, 0.4) is 0 Å². The lowest BCUT2D eigenvalue weighted by atomic mass is 10.1. The number of phenols is 1. The van der Waals surface area contributed by atoms with Gasteiger partial charge < -0.3 is 16.2 Å². The summed E-state index contributed by atoms with van der Waals surface area (Å²) >= 11 is 1.63. The lowest BCUT2D eigenvalue weighted by Gasteiger charge is -2.07. The SMILES string of the molecule is Nc1ccc(O)cc1C(=O)NCCc1ccsc1. The van der Waals surface area contributed by atoms with E-state index in [1.807, 2.05) is 11.4 Å². The number of hydrogen-bond donors (Lipinski definition) is 3. The minimum absolute atomic E-state index is 0.0344. The summed E-state index contributed by atoms with van der Waals surface area (Å²) < 4.78 is 0. The van der Waals surface area contributed by atoms with Gasteiger partial charge in [-0.3, -0.25) is 4.79 Å². The minimum atomic E-state index is -0.265. The molecule has 94 valence electrons. The second-order valence-corrected chi connectivity index (χ2v) is 4.69. The van der Waals surface area contributed by atoms with Gasteiger partial charge in [-0.25, -0.2) is 0 Å². The maximum absolute atomic E-state index is 11.8. The Hall–Kier alpha value is -2.01. The van der Waals surface area contributed by atoms with E-state index in [0.29, 0.717) is 17.8 Å². The van der Waals surface area contributed by atoms with E-state index >= 15 is 0 Å². The molecule has 4 N–H and O–H groups in total. The van der Waals surface area contributed by atoms with Gasteiger partial charge in [0.15, 0.2) is 0 Å². The Morgan fingerprint density at radius 1 is 1.39 bits per heavy atom. The van der Waals surface area contributed by atoms with Crippen LogP contribution in [-0.4, -0.2) is 17.6 Å². The van der Waals surface area contributed by atoms with Gasteiger partial charge in [-0.2, -0.15) is 11.3 Å². The Kier molecular flexibility index (Phi) is 3.84. The molecule has 0 radical (unpaired) electrons. The molecule has 0 fully saturated rings. The number of phenolic OH excluding ortho intramolecular Hbond substituents is 1. The second kappa shape index (κ2) is 5.55. The zero-order chi connectivity index (χ0) is 13.0. The molecule has 2 rings (SSSR count). The molecule has 0 bridgehead atoms. The summed E-state index contributed by atoms with van der Waals surface area (Å²) in [6.45, 7) is 0.546. The third-order valence-corrected chi connectivity index (χ3v) is 3.29. The molecular weight excluding hydrogens is 248 g/mol. The molecule has 2 aromatic rings. The normalized spacial score (nSPS) is 10.2. The van der Waals surface area contributed by atoms with Gasteiger partial charge in [0.25, 0.3) is 5.91 Å². The Balaban J connectivity index is 1.93. The fraction of sp³-hybridized carbons (Fsp3) is 0.154. The Morgan fingerprint density at radius 3 is 2.94 bits per heavy atom. The van der Waals surface area contributed by atoms with Crippen molar-refractivity contribution in [1.29, 1.82) is 0 Å². The van der Waals surface area contributed by atoms with E-state index in [2.05, 4.69) is 10.7 Å². The smallest absolute Gasteiger partial charge is 0.253 e. The van der Waals surface area contributed by atoms with E-state index in [-0.39, 0.29) is 11.7 Å². The highest BCUT2D eigenvalue weighted by Gasteiger charge is 2.09. The first kappa shape index (κ1) is 12.4. The molecule has 0 saturated heterocycles. The van der Waals surface area contributed by atoms with E-state index in [1.165, 1.54) is 23.8 Å². The molecule has 1 aromatic heterocycles. The van der Waals surface area contributed by atoms with Crippen LogP contribution in [-0.2, 0) is 6.42 Å². The highest BCUT2D eigenvalue weighted by atomic mass is 32.1. The zero-order valence-corrected chi connectivity index (χ0v) is 10.5. The minimum Gasteiger partial charge on any atom is -0.508 e. The summed E-state index contributed by atoms with van der Waals surface area (Å²) in [4.78, 5) is 11.8. The number of carbonyl (C=O) groups is 1. The molecule has 18 heavy (non-hydrogen) atoms. The molecular formula is C13H14N2O2S. The average molecular weight is 262 g/mol. The first-order valence-electron chi connectivity index (χ1n) is 5.54. The number of carbonyl (C=O) groups excluding carboxylic acids is 1. The van der Waals surface area contributed by atoms with Crippen LogP contribution in [0.25, 0.3) is 0 Å². The Morgan fingerprint density at radius 2 is 2.22 bits per heavy atom. The van der Waals surface area contributed by atoms with Gasteiger partial charge in [0.05, 0.1) is 5.56 Å². The van der Waals surface area contributed by atoms with Gasteiger partial charge in [0.1, 0.15) is 5.75 Å². The van der Waals surface area contributed by atoms with Gasteiger partial charge in [0, 0.05) is 12.2 Å². The highest BCUT2D eigenvalue weighted by Crippen LogP contribution is 2.18. The molecule has 1 aromatic carbocycles. The summed E-state index contributed by atoms with van der Waals surface area (Å²) in [5.41, 5.74) is 7.55. The standard InChI is InChI=1S/C13H14N2O2S/c14-12-2-1-10(16)7-11(12)13(17)15-5-3-9-4-6-18-8-9/h1-2,4,6-8,16H,3,5,14H2,(H,15,17). The van der Waals surface area contributed by atoms with E-state index in [4.69, 9.17) is 5.73 Å². The van der Waals surface area contributed by atoms with E-state index in [9.17, 15) is 9.90 Å². The first-order valence-corrected chi connectivity index (χ1v) is 6.49. The summed E-state index contributed by atoms with van der Waals surface area (Å²) in [6, 6.07) is 6.37.